The molecule has 0 atom stereocenters. The van der Waals surface area contributed by atoms with Crippen LogP contribution in [0.4, 0.5) is 0 Å². The van der Waals surface area contributed by atoms with Crippen molar-refractivity contribution in [3.63, 3.8) is 0 Å². The molecule has 3 rings (SSSR count). The van der Waals surface area contributed by atoms with E-state index < -0.39 is 11.9 Å². The van der Waals surface area contributed by atoms with Gasteiger partial charge in [0.1, 0.15) is 5.75 Å². The molecule has 29 heavy (non-hydrogen) atoms. The summed E-state index contributed by atoms with van der Waals surface area (Å²) in [7, 11) is 1.33. The Kier molecular flexibility index (Phi) is 5.82. The average Bonchev–Trinajstić information content (AvgIpc) is 2.66. The molecule has 5 heteroatoms. The average molecular weight is 506 g/mol. The smallest absolute Gasteiger partial charge is 0.343 e. The van der Waals surface area contributed by atoms with Crippen LogP contribution < -0.4 is 4.74 Å². The molecule has 0 bridgehead atoms. The molecular weight excluding hydrogens is 479 g/mol. The van der Waals surface area contributed by atoms with E-state index in [1.54, 1.807) is 18.2 Å². The monoisotopic (exact) mass is 506 g/mol. The van der Waals surface area contributed by atoms with Crippen molar-refractivity contribution in [2.24, 2.45) is 0 Å². The van der Waals surface area contributed by atoms with Gasteiger partial charge < -0.3 is 9.47 Å². The predicted octanol–water partition coefficient (Wildman–Crippen LogP) is 5.95. The number of methoxy groups -OCH3 is 1. The van der Waals surface area contributed by atoms with E-state index in [2.05, 4.69) is 56.4 Å². The highest BCUT2D eigenvalue weighted by Gasteiger charge is 2.38. The second kappa shape index (κ2) is 7.74. The first-order chi connectivity index (χ1) is 13.5. The van der Waals surface area contributed by atoms with Crippen LogP contribution in [-0.2, 0) is 15.6 Å². The van der Waals surface area contributed by atoms with Gasteiger partial charge in [-0.2, -0.15) is 0 Å². The van der Waals surface area contributed by atoms with E-state index in [0.29, 0.717) is 16.9 Å². The van der Waals surface area contributed by atoms with Crippen molar-refractivity contribution in [3.05, 3.63) is 61.7 Å². The number of hydrogen-bond acceptors (Lipinski definition) is 4. The third kappa shape index (κ3) is 4.20. The van der Waals surface area contributed by atoms with Crippen molar-refractivity contribution in [1.82, 2.24) is 0 Å². The van der Waals surface area contributed by atoms with Crippen LogP contribution in [0.25, 0.3) is 0 Å². The van der Waals surface area contributed by atoms with Gasteiger partial charge in [0.2, 0.25) is 0 Å². The van der Waals surface area contributed by atoms with Crippen molar-refractivity contribution in [1.29, 1.82) is 0 Å². The lowest BCUT2D eigenvalue weighted by molar-refractivity contribution is 0.0597. The van der Waals surface area contributed by atoms with Crippen LogP contribution in [0.5, 0.6) is 5.75 Å². The number of rotatable bonds is 3. The number of benzene rings is 2. The standard InChI is InChI=1S/C24H27IO4/c1-14-11-17-18(24(4,5)10-9-23(17,2)3)13-16(14)22(27)29-20-12-15(21(26)28-6)7-8-19(20)25/h7-8,11-13H,9-10H2,1-6H3. The topological polar surface area (TPSA) is 52.6 Å². The van der Waals surface area contributed by atoms with Gasteiger partial charge in [-0.1, -0.05) is 33.8 Å². The molecule has 0 N–H and O–H groups in total. The first-order valence-electron chi connectivity index (χ1n) is 9.72. The fraction of sp³-hybridized carbons (Fsp3) is 0.417. The molecule has 2 aromatic carbocycles. The summed E-state index contributed by atoms with van der Waals surface area (Å²) in [4.78, 5) is 24.9. The fourth-order valence-electron chi connectivity index (χ4n) is 3.92. The Morgan fingerprint density at radius 1 is 0.931 bits per heavy atom. The molecule has 0 fully saturated rings. The highest BCUT2D eigenvalue weighted by molar-refractivity contribution is 14.1. The van der Waals surface area contributed by atoms with E-state index in [0.717, 1.165) is 22.0 Å². The molecule has 0 radical (unpaired) electrons. The quantitative estimate of drug-likeness (QED) is 0.293. The third-order valence-electron chi connectivity index (χ3n) is 5.97. The van der Waals surface area contributed by atoms with E-state index in [-0.39, 0.29) is 10.8 Å². The van der Waals surface area contributed by atoms with Crippen LogP contribution in [0.15, 0.2) is 30.3 Å². The maximum Gasteiger partial charge on any atom is 0.343 e. The van der Waals surface area contributed by atoms with Crippen molar-refractivity contribution in [2.75, 3.05) is 7.11 Å². The zero-order valence-electron chi connectivity index (χ0n) is 17.8. The summed E-state index contributed by atoms with van der Waals surface area (Å²) < 4.78 is 11.2. The van der Waals surface area contributed by atoms with Crippen molar-refractivity contribution in [2.45, 2.75) is 58.3 Å². The molecule has 0 heterocycles. The molecular formula is C24H27IO4. The number of carbonyl (C=O) groups excluding carboxylic acids is 2. The summed E-state index contributed by atoms with van der Waals surface area (Å²) in [5, 5.41) is 0. The third-order valence-corrected chi connectivity index (χ3v) is 6.86. The predicted molar refractivity (Wildman–Crippen MR) is 122 cm³/mol. The van der Waals surface area contributed by atoms with Crippen molar-refractivity contribution < 1.29 is 19.1 Å². The van der Waals surface area contributed by atoms with Gasteiger partial charge in [0, 0.05) is 0 Å². The molecule has 0 unspecified atom stereocenters. The Labute approximate surface area is 186 Å². The Morgan fingerprint density at radius 3 is 2.10 bits per heavy atom. The Hall–Kier alpha value is -1.89. The minimum atomic E-state index is -0.465. The first-order valence-corrected chi connectivity index (χ1v) is 10.8. The maximum absolute atomic E-state index is 13.1. The van der Waals surface area contributed by atoms with Crippen LogP contribution in [0.1, 0.15) is 77.9 Å². The van der Waals surface area contributed by atoms with Gasteiger partial charge in [0.05, 0.1) is 21.8 Å². The van der Waals surface area contributed by atoms with E-state index >= 15 is 0 Å². The van der Waals surface area contributed by atoms with Gasteiger partial charge in [-0.15, -0.1) is 0 Å². The Bertz CT molecular complexity index is 989. The van der Waals surface area contributed by atoms with E-state index in [4.69, 9.17) is 9.47 Å². The van der Waals surface area contributed by atoms with Crippen LogP contribution in [0, 0.1) is 10.5 Å². The lowest BCUT2D eigenvalue weighted by atomic mass is 9.62. The molecule has 0 spiro atoms. The minimum absolute atomic E-state index is 0.00675. The minimum Gasteiger partial charge on any atom is -0.465 e. The van der Waals surface area contributed by atoms with Crippen molar-refractivity contribution in [3.8, 4) is 5.75 Å². The molecule has 0 saturated heterocycles. The van der Waals surface area contributed by atoms with Gasteiger partial charge in [-0.05, 0) is 94.1 Å². The van der Waals surface area contributed by atoms with Crippen LogP contribution in [0.2, 0.25) is 0 Å². The molecule has 2 aromatic rings. The molecule has 1 aliphatic rings. The highest BCUT2D eigenvalue weighted by Crippen LogP contribution is 2.46. The van der Waals surface area contributed by atoms with E-state index in [1.165, 1.54) is 18.2 Å². The second-order valence-corrected chi connectivity index (χ2v) is 10.2. The Morgan fingerprint density at radius 2 is 1.52 bits per heavy atom. The summed E-state index contributed by atoms with van der Waals surface area (Å²) in [5.41, 5.74) is 4.43. The highest BCUT2D eigenvalue weighted by atomic mass is 127. The largest absolute Gasteiger partial charge is 0.465 e. The van der Waals surface area contributed by atoms with Crippen LogP contribution >= 0.6 is 22.6 Å². The molecule has 4 nitrogen and oxygen atoms in total. The second-order valence-electron chi connectivity index (χ2n) is 9.01. The van der Waals surface area contributed by atoms with Gasteiger partial charge in [-0.25, -0.2) is 9.59 Å². The van der Waals surface area contributed by atoms with E-state index in [9.17, 15) is 9.59 Å². The van der Waals surface area contributed by atoms with Gasteiger partial charge in [-0.3, -0.25) is 0 Å². The molecule has 1 aliphatic carbocycles. The van der Waals surface area contributed by atoms with Gasteiger partial charge in [0.25, 0.3) is 0 Å². The first kappa shape index (κ1) is 21.8. The van der Waals surface area contributed by atoms with Crippen molar-refractivity contribution >= 4 is 34.5 Å². The zero-order valence-corrected chi connectivity index (χ0v) is 20.0. The molecule has 0 aliphatic heterocycles. The number of ether oxygens (including phenoxy) is 2. The zero-order chi connectivity index (χ0) is 21.6. The summed E-state index contributed by atoms with van der Waals surface area (Å²) >= 11 is 2.09. The molecule has 0 amide bonds. The SMILES string of the molecule is COC(=O)c1ccc(I)c(OC(=O)c2cc3c(cc2C)C(C)(C)CCC3(C)C)c1. The summed E-state index contributed by atoms with van der Waals surface area (Å²) in [6.07, 6.45) is 2.19. The molecule has 154 valence electrons. The Balaban J connectivity index is 2.00. The van der Waals surface area contributed by atoms with Crippen LogP contribution in [0.3, 0.4) is 0 Å². The van der Waals surface area contributed by atoms with Gasteiger partial charge in [0.15, 0.2) is 0 Å². The van der Waals surface area contributed by atoms with Gasteiger partial charge >= 0.3 is 11.9 Å². The van der Waals surface area contributed by atoms with E-state index in [1.807, 2.05) is 13.0 Å². The number of carbonyl (C=O) groups is 2. The number of aryl methyl sites for hydroxylation is 1. The summed E-state index contributed by atoms with van der Waals surface area (Å²) in [6, 6.07) is 9.08. The number of halogens is 1. The number of hydrogen-bond donors (Lipinski definition) is 0. The maximum atomic E-state index is 13.1. The molecule has 0 aromatic heterocycles. The molecule has 0 saturated carbocycles. The fourth-order valence-corrected chi connectivity index (χ4v) is 4.37. The summed E-state index contributed by atoms with van der Waals surface area (Å²) in [6.45, 7) is 10.9. The lowest BCUT2D eigenvalue weighted by Gasteiger charge is -2.42. The normalized spacial score (nSPS) is 16.7. The number of esters is 2. The summed E-state index contributed by atoms with van der Waals surface area (Å²) in [5.74, 6) is -0.521. The number of fused-ring (bicyclic) bond motifs is 1. The van der Waals surface area contributed by atoms with Crippen LogP contribution in [-0.4, -0.2) is 19.0 Å². The lowest BCUT2D eigenvalue weighted by Crippen LogP contribution is -2.34.